The lowest BCUT2D eigenvalue weighted by molar-refractivity contribution is -0.123. The molecule has 1 aliphatic carbocycles. The first-order valence-electron chi connectivity index (χ1n) is 8.59. The van der Waals surface area contributed by atoms with Gasteiger partial charge in [-0.25, -0.2) is 0 Å². The molecule has 4 rings (SSSR count). The summed E-state index contributed by atoms with van der Waals surface area (Å²) in [5.41, 5.74) is 6.57. The number of carbonyl (C=O) groups is 2. The Morgan fingerprint density at radius 3 is 2.62 bits per heavy atom. The zero-order chi connectivity index (χ0) is 18.3. The minimum Gasteiger partial charge on any atom is -0.368 e. The van der Waals surface area contributed by atoms with Gasteiger partial charge in [0, 0.05) is 19.4 Å². The third-order valence-electron chi connectivity index (χ3n) is 5.12. The summed E-state index contributed by atoms with van der Waals surface area (Å²) in [6.07, 6.45) is 6.53. The van der Waals surface area contributed by atoms with Gasteiger partial charge >= 0.3 is 0 Å². The molecular formula is C18H20N6O2. The number of primary amides is 1. The number of carbonyl (C=O) groups excluding carboxylic acids is 2. The number of pyridine rings is 1. The fourth-order valence-electron chi connectivity index (χ4n) is 3.59. The van der Waals surface area contributed by atoms with Crippen molar-refractivity contribution in [1.29, 1.82) is 0 Å². The van der Waals surface area contributed by atoms with Crippen LogP contribution in [-0.4, -0.2) is 36.5 Å². The maximum Gasteiger partial charge on any atom is 0.253 e. The van der Waals surface area contributed by atoms with Crippen molar-refractivity contribution in [3.05, 3.63) is 42.2 Å². The second-order valence-electron chi connectivity index (χ2n) is 6.78. The molecule has 1 saturated carbocycles. The number of aryl methyl sites for hydroxylation is 1. The summed E-state index contributed by atoms with van der Waals surface area (Å²) < 4.78 is 3.71. The Hall–Kier alpha value is -3.16. The minimum absolute atomic E-state index is 0.320. The van der Waals surface area contributed by atoms with Gasteiger partial charge in [-0.3, -0.25) is 14.0 Å². The summed E-state index contributed by atoms with van der Waals surface area (Å²) in [6.45, 7) is 0. The summed E-state index contributed by atoms with van der Waals surface area (Å²) in [5, 5.41) is 11.2. The van der Waals surface area contributed by atoms with E-state index < -0.39 is 11.4 Å². The van der Waals surface area contributed by atoms with E-state index in [1.54, 1.807) is 22.7 Å². The number of amides is 2. The monoisotopic (exact) mass is 352 g/mol. The number of fused-ring (bicyclic) bond motifs is 1. The van der Waals surface area contributed by atoms with E-state index in [0.29, 0.717) is 29.9 Å². The van der Waals surface area contributed by atoms with Crippen LogP contribution in [0.3, 0.4) is 0 Å². The zero-order valence-electron chi connectivity index (χ0n) is 14.5. The van der Waals surface area contributed by atoms with Gasteiger partial charge < -0.3 is 15.6 Å². The normalized spacial score (nSPS) is 16.0. The molecule has 0 radical (unpaired) electrons. The Morgan fingerprint density at radius 2 is 1.96 bits per heavy atom. The van der Waals surface area contributed by atoms with Crippen molar-refractivity contribution in [3.8, 4) is 11.5 Å². The summed E-state index contributed by atoms with van der Waals surface area (Å²) in [5.74, 6) is -0.148. The van der Waals surface area contributed by atoms with Gasteiger partial charge in [-0.2, -0.15) is 0 Å². The maximum absolute atomic E-state index is 12.8. The van der Waals surface area contributed by atoms with Crippen molar-refractivity contribution < 1.29 is 9.59 Å². The van der Waals surface area contributed by atoms with Crippen LogP contribution in [0, 0.1) is 0 Å². The molecule has 0 spiro atoms. The number of hydrogen-bond donors (Lipinski definition) is 2. The van der Waals surface area contributed by atoms with E-state index in [2.05, 4.69) is 15.5 Å². The van der Waals surface area contributed by atoms with Crippen LogP contribution in [0.15, 0.2) is 36.7 Å². The van der Waals surface area contributed by atoms with E-state index in [1.807, 2.05) is 29.9 Å². The SMILES string of the molecule is Cn1cccc1-c1nnc2ccc(C(=O)NC3(C(N)=O)CCCC3)cn12. The van der Waals surface area contributed by atoms with Gasteiger partial charge in [-0.15, -0.1) is 10.2 Å². The Morgan fingerprint density at radius 1 is 1.19 bits per heavy atom. The Labute approximate surface area is 150 Å². The molecule has 3 aromatic heterocycles. The highest BCUT2D eigenvalue weighted by Crippen LogP contribution is 2.29. The van der Waals surface area contributed by atoms with Crippen molar-refractivity contribution in [3.63, 3.8) is 0 Å². The van der Waals surface area contributed by atoms with Gasteiger partial charge in [-0.1, -0.05) is 12.8 Å². The van der Waals surface area contributed by atoms with E-state index in [0.717, 1.165) is 18.5 Å². The van der Waals surface area contributed by atoms with Gasteiger partial charge in [-0.05, 0) is 37.1 Å². The smallest absolute Gasteiger partial charge is 0.253 e. The van der Waals surface area contributed by atoms with Gasteiger partial charge in [0.05, 0.1) is 11.3 Å². The first-order chi connectivity index (χ1) is 12.5. The van der Waals surface area contributed by atoms with E-state index in [9.17, 15) is 9.59 Å². The highest BCUT2D eigenvalue weighted by Gasteiger charge is 2.41. The molecule has 2 amide bonds. The van der Waals surface area contributed by atoms with Crippen LogP contribution >= 0.6 is 0 Å². The first kappa shape index (κ1) is 16.3. The topological polar surface area (TPSA) is 107 Å². The molecule has 1 aliphatic rings. The summed E-state index contributed by atoms with van der Waals surface area (Å²) in [7, 11) is 1.92. The number of nitrogens with one attached hydrogen (secondary N) is 1. The highest BCUT2D eigenvalue weighted by molar-refractivity contribution is 5.99. The first-order valence-corrected chi connectivity index (χ1v) is 8.59. The van der Waals surface area contributed by atoms with Crippen molar-refractivity contribution in [2.75, 3.05) is 0 Å². The molecule has 0 saturated heterocycles. The van der Waals surface area contributed by atoms with Crippen LogP contribution in [0.2, 0.25) is 0 Å². The molecule has 1 fully saturated rings. The molecule has 3 aromatic rings. The molecule has 3 heterocycles. The van der Waals surface area contributed by atoms with Crippen LogP contribution in [0.25, 0.3) is 17.2 Å². The van der Waals surface area contributed by atoms with Crippen LogP contribution in [-0.2, 0) is 11.8 Å². The lowest BCUT2D eigenvalue weighted by atomic mass is 9.96. The average Bonchev–Trinajstić information content (AvgIpc) is 3.34. The zero-order valence-corrected chi connectivity index (χ0v) is 14.5. The largest absolute Gasteiger partial charge is 0.368 e. The highest BCUT2D eigenvalue weighted by atomic mass is 16.2. The van der Waals surface area contributed by atoms with Crippen molar-refractivity contribution >= 4 is 17.5 Å². The van der Waals surface area contributed by atoms with Gasteiger partial charge in [0.25, 0.3) is 5.91 Å². The number of nitrogens with zero attached hydrogens (tertiary/aromatic N) is 4. The standard InChI is InChI=1S/C18H20N6O2/c1-23-10-4-5-13(23)15-22-21-14-7-6-12(11-24(14)15)16(25)20-18(17(19)26)8-2-3-9-18/h4-7,10-11H,2-3,8-9H2,1H3,(H2,19,26)(H,20,25). The fraction of sp³-hybridized carbons (Fsp3) is 0.333. The van der Waals surface area contributed by atoms with Gasteiger partial charge in [0.2, 0.25) is 5.91 Å². The summed E-state index contributed by atoms with van der Waals surface area (Å²) >= 11 is 0. The van der Waals surface area contributed by atoms with Crippen LogP contribution in [0.1, 0.15) is 36.0 Å². The predicted octanol–water partition coefficient (Wildman–Crippen LogP) is 1.26. The Kier molecular flexibility index (Phi) is 3.75. The van der Waals surface area contributed by atoms with Gasteiger partial charge in [0.15, 0.2) is 11.5 Å². The summed E-state index contributed by atoms with van der Waals surface area (Å²) in [6, 6.07) is 7.27. The second-order valence-corrected chi connectivity index (χ2v) is 6.78. The minimum atomic E-state index is -0.944. The quantitative estimate of drug-likeness (QED) is 0.737. The molecule has 0 aliphatic heterocycles. The summed E-state index contributed by atoms with van der Waals surface area (Å²) in [4.78, 5) is 24.7. The molecular weight excluding hydrogens is 332 g/mol. The Balaban J connectivity index is 1.70. The number of hydrogen-bond acceptors (Lipinski definition) is 4. The van der Waals surface area contributed by atoms with Crippen LogP contribution in [0.5, 0.6) is 0 Å². The van der Waals surface area contributed by atoms with Crippen molar-refractivity contribution in [2.45, 2.75) is 31.2 Å². The number of rotatable bonds is 4. The number of aromatic nitrogens is 4. The second kappa shape index (κ2) is 5.98. The van der Waals surface area contributed by atoms with Gasteiger partial charge in [0.1, 0.15) is 5.54 Å². The lowest BCUT2D eigenvalue weighted by Crippen LogP contribution is -2.55. The molecule has 8 nitrogen and oxygen atoms in total. The molecule has 0 aromatic carbocycles. The predicted molar refractivity (Wildman–Crippen MR) is 95.3 cm³/mol. The van der Waals surface area contributed by atoms with Crippen molar-refractivity contribution in [2.24, 2.45) is 12.8 Å². The molecule has 0 atom stereocenters. The van der Waals surface area contributed by atoms with E-state index in [1.165, 1.54) is 0 Å². The molecule has 134 valence electrons. The Bertz CT molecular complexity index is 996. The molecule has 8 heteroatoms. The molecule has 3 N–H and O–H groups in total. The molecule has 0 unspecified atom stereocenters. The van der Waals surface area contributed by atoms with Crippen molar-refractivity contribution in [1.82, 2.24) is 24.5 Å². The van der Waals surface area contributed by atoms with Crippen LogP contribution < -0.4 is 11.1 Å². The number of nitrogens with two attached hydrogens (primary N) is 1. The average molecular weight is 352 g/mol. The van der Waals surface area contributed by atoms with Crippen LogP contribution in [0.4, 0.5) is 0 Å². The lowest BCUT2D eigenvalue weighted by Gasteiger charge is -2.26. The van der Waals surface area contributed by atoms with E-state index in [4.69, 9.17) is 5.73 Å². The third kappa shape index (κ3) is 2.54. The third-order valence-corrected chi connectivity index (χ3v) is 5.12. The molecule has 26 heavy (non-hydrogen) atoms. The van der Waals surface area contributed by atoms with E-state index in [-0.39, 0.29) is 5.91 Å². The fourth-order valence-corrected chi connectivity index (χ4v) is 3.59. The maximum atomic E-state index is 12.8. The molecule has 0 bridgehead atoms. The van der Waals surface area contributed by atoms with E-state index >= 15 is 0 Å².